The molecule has 21 heavy (non-hydrogen) atoms. The van der Waals surface area contributed by atoms with Gasteiger partial charge in [0.05, 0.1) is 5.56 Å². The SMILES string of the molecule is Cc1cccc(N2CCN(c3ncccc3C#N)CC2)c1. The third kappa shape index (κ3) is 2.82. The van der Waals surface area contributed by atoms with Gasteiger partial charge in [0.2, 0.25) is 0 Å². The number of pyridine rings is 1. The molecule has 1 aliphatic heterocycles. The Hall–Kier alpha value is -2.54. The fourth-order valence-electron chi connectivity index (χ4n) is 2.74. The van der Waals surface area contributed by atoms with Gasteiger partial charge >= 0.3 is 0 Å². The van der Waals surface area contributed by atoms with Gasteiger partial charge in [0.25, 0.3) is 0 Å². The van der Waals surface area contributed by atoms with E-state index in [1.165, 1.54) is 11.3 Å². The Labute approximate surface area is 125 Å². The van der Waals surface area contributed by atoms with Crippen molar-refractivity contribution >= 4 is 11.5 Å². The zero-order chi connectivity index (χ0) is 14.7. The van der Waals surface area contributed by atoms with Crippen molar-refractivity contribution in [1.29, 1.82) is 5.26 Å². The van der Waals surface area contributed by atoms with E-state index in [0.717, 1.165) is 32.0 Å². The van der Waals surface area contributed by atoms with Gasteiger partial charge in [0.15, 0.2) is 0 Å². The molecule has 4 heteroatoms. The molecule has 4 nitrogen and oxygen atoms in total. The summed E-state index contributed by atoms with van der Waals surface area (Å²) in [7, 11) is 0. The van der Waals surface area contributed by atoms with E-state index in [1.807, 2.05) is 12.1 Å². The van der Waals surface area contributed by atoms with E-state index in [9.17, 15) is 5.26 Å². The number of anilines is 2. The van der Waals surface area contributed by atoms with Crippen molar-refractivity contribution in [2.24, 2.45) is 0 Å². The van der Waals surface area contributed by atoms with Crippen molar-refractivity contribution < 1.29 is 0 Å². The van der Waals surface area contributed by atoms with Crippen LogP contribution in [-0.2, 0) is 0 Å². The van der Waals surface area contributed by atoms with E-state index < -0.39 is 0 Å². The van der Waals surface area contributed by atoms with Crippen LogP contribution in [0.15, 0.2) is 42.6 Å². The van der Waals surface area contributed by atoms with Crippen LogP contribution in [0.25, 0.3) is 0 Å². The van der Waals surface area contributed by atoms with Crippen molar-refractivity contribution in [2.45, 2.75) is 6.92 Å². The van der Waals surface area contributed by atoms with Crippen molar-refractivity contribution in [3.8, 4) is 6.07 Å². The van der Waals surface area contributed by atoms with Crippen LogP contribution in [0.3, 0.4) is 0 Å². The Balaban J connectivity index is 1.72. The number of aromatic nitrogens is 1. The van der Waals surface area contributed by atoms with Crippen LogP contribution in [0, 0.1) is 18.3 Å². The van der Waals surface area contributed by atoms with Gasteiger partial charge in [-0.25, -0.2) is 4.98 Å². The summed E-state index contributed by atoms with van der Waals surface area (Å²) in [5.41, 5.74) is 3.21. The molecule has 3 rings (SSSR count). The molecule has 1 aromatic heterocycles. The van der Waals surface area contributed by atoms with Crippen LogP contribution < -0.4 is 9.80 Å². The van der Waals surface area contributed by atoms with E-state index in [2.05, 4.69) is 52.0 Å². The van der Waals surface area contributed by atoms with Crippen LogP contribution >= 0.6 is 0 Å². The highest BCUT2D eigenvalue weighted by atomic mass is 15.3. The Morgan fingerprint density at radius 2 is 1.81 bits per heavy atom. The van der Waals surface area contributed by atoms with Crippen LogP contribution in [0.2, 0.25) is 0 Å². The van der Waals surface area contributed by atoms with Gasteiger partial charge in [-0.05, 0) is 36.8 Å². The second-order valence-electron chi connectivity index (χ2n) is 5.30. The number of hydrogen-bond donors (Lipinski definition) is 0. The van der Waals surface area contributed by atoms with Crippen LogP contribution in [0.5, 0.6) is 0 Å². The Kier molecular flexibility index (Phi) is 3.74. The van der Waals surface area contributed by atoms with E-state index in [1.54, 1.807) is 6.20 Å². The molecule has 0 bridgehead atoms. The first kappa shape index (κ1) is 13.4. The molecule has 2 aromatic rings. The highest BCUT2D eigenvalue weighted by Crippen LogP contribution is 2.22. The van der Waals surface area contributed by atoms with Gasteiger partial charge in [0, 0.05) is 38.1 Å². The smallest absolute Gasteiger partial charge is 0.146 e. The number of aryl methyl sites for hydroxylation is 1. The fourth-order valence-corrected chi connectivity index (χ4v) is 2.74. The van der Waals surface area contributed by atoms with Crippen molar-refractivity contribution in [3.05, 3.63) is 53.7 Å². The second-order valence-corrected chi connectivity index (χ2v) is 5.30. The molecule has 0 saturated carbocycles. The quantitative estimate of drug-likeness (QED) is 0.847. The third-order valence-corrected chi connectivity index (χ3v) is 3.85. The highest BCUT2D eigenvalue weighted by molar-refractivity contribution is 5.56. The van der Waals surface area contributed by atoms with Gasteiger partial charge in [-0.2, -0.15) is 5.26 Å². The molecule has 0 radical (unpaired) electrons. The number of hydrogen-bond acceptors (Lipinski definition) is 4. The number of benzene rings is 1. The van der Waals surface area contributed by atoms with Crippen molar-refractivity contribution in [3.63, 3.8) is 0 Å². The molecule has 1 aromatic carbocycles. The molecule has 106 valence electrons. The van der Waals surface area contributed by atoms with E-state index in [4.69, 9.17) is 0 Å². The first-order valence-electron chi connectivity index (χ1n) is 7.19. The highest BCUT2D eigenvalue weighted by Gasteiger charge is 2.20. The largest absolute Gasteiger partial charge is 0.368 e. The van der Waals surface area contributed by atoms with Gasteiger partial charge in [-0.15, -0.1) is 0 Å². The molecular formula is C17H18N4. The van der Waals surface area contributed by atoms with Gasteiger partial charge in [0.1, 0.15) is 11.9 Å². The van der Waals surface area contributed by atoms with Crippen LogP contribution in [-0.4, -0.2) is 31.2 Å². The second kappa shape index (κ2) is 5.84. The summed E-state index contributed by atoms with van der Waals surface area (Å²) in [5, 5.41) is 9.18. The predicted molar refractivity (Wildman–Crippen MR) is 84.6 cm³/mol. The molecule has 0 spiro atoms. The van der Waals surface area contributed by atoms with E-state index in [0.29, 0.717) is 5.56 Å². The summed E-state index contributed by atoms with van der Waals surface area (Å²) in [6.45, 7) is 5.79. The minimum absolute atomic E-state index is 0.654. The molecule has 0 atom stereocenters. The van der Waals surface area contributed by atoms with Crippen LogP contribution in [0.1, 0.15) is 11.1 Å². The van der Waals surface area contributed by atoms with Gasteiger partial charge < -0.3 is 9.80 Å². The number of rotatable bonds is 2. The molecule has 0 unspecified atom stereocenters. The maximum Gasteiger partial charge on any atom is 0.146 e. The lowest BCUT2D eigenvalue weighted by molar-refractivity contribution is 0.647. The summed E-state index contributed by atoms with van der Waals surface area (Å²) >= 11 is 0. The topological polar surface area (TPSA) is 43.2 Å². The normalized spacial score (nSPS) is 14.9. The lowest BCUT2D eigenvalue weighted by atomic mass is 10.2. The van der Waals surface area contributed by atoms with Crippen molar-refractivity contribution in [2.75, 3.05) is 36.0 Å². The van der Waals surface area contributed by atoms with Gasteiger partial charge in [-0.1, -0.05) is 12.1 Å². The van der Waals surface area contributed by atoms with Gasteiger partial charge in [-0.3, -0.25) is 0 Å². The summed E-state index contributed by atoms with van der Waals surface area (Å²) < 4.78 is 0. The summed E-state index contributed by atoms with van der Waals surface area (Å²) in [6.07, 6.45) is 1.75. The average Bonchev–Trinajstić information content (AvgIpc) is 2.55. The maximum absolute atomic E-state index is 9.18. The minimum atomic E-state index is 0.654. The number of nitrogens with zero attached hydrogens (tertiary/aromatic N) is 4. The first-order chi connectivity index (χ1) is 10.3. The Morgan fingerprint density at radius 1 is 1.05 bits per heavy atom. The standard InChI is InChI=1S/C17H18N4/c1-14-4-2-6-16(12-14)20-8-10-21(11-9-20)17-15(13-18)5-3-7-19-17/h2-7,12H,8-11H2,1H3. The monoisotopic (exact) mass is 278 g/mol. The number of piperazine rings is 1. The molecule has 0 amide bonds. The zero-order valence-electron chi connectivity index (χ0n) is 12.2. The van der Waals surface area contributed by atoms with Crippen molar-refractivity contribution in [1.82, 2.24) is 4.98 Å². The Morgan fingerprint density at radius 3 is 2.52 bits per heavy atom. The van der Waals surface area contributed by atoms with E-state index >= 15 is 0 Å². The molecular weight excluding hydrogens is 260 g/mol. The molecule has 1 fully saturated rings. The van der Waals surface area contributed by atoms with E-state index in [-0.39, 0.29) is 0 Å². The molecule has 0 N–H and O–H groups in total. The summed E-state index contributed by atoms with van der Waals surface area (Å²) in [6, 6.07) is 14.5. The lowest BCUT2D eigenvalue weighted by Gasteiger charge is -2.37. The first-order valence-corrected chi connectivity index (χ1v) is 7.19. The minimum Gasteiger partial charge on any atom is -0.368 e. The zero-order valence-corrected chi connectivity index (χ0v) is 12.2. The van der Waals surface area contributed by atoms with Crippen LogP contribution in [0.4, 0.5) is 11.5 Å². The molecule has 1 saturated heterocycles. The number of nitriles is 1. The fraction of sp³-hybridized carbons (Fsp3) is 0.294. The summed E-state index contributed by atoms with van der Waals surface area (Å²) in [5.74, 6) is 0.809. The Bertz CT molecular complexity index is 666. The molecule has 1 aliphatic rings. The molecule has 0 aliphatic carbocycles. The molecule has 2 heterocycles. The average molecular weight is 278 g/mol. The lowest BCUT2D eigenvalue weighted by Crippen LogP contribution is -2.47. The maximum atomic E-state index is 9.18. The third-order valence-electron chi connectivity index (χ3n) is 3.85. The predicted octanol–water partition coefficient (Wildman–Crippen LogP) is 2.59. The summed E-state index contributed by atoms with van der Waals surface area (Å²) in [4.78, 5) is 8.96.